The molecule has 1 nitrogen and oxygen atoms in total. The molecule has 2 rings (SSSR count). The van der Waals surface area contributed by atoms with Crippen molar-refractivity contribution in [1.82, 2.24) is 4.98 Å². The molecule has 0 saturated heterocycles. The van der Waals surface area contributed by atoms with Gasteiger partial charge in [0, 0.05) is 0 Å². The Bertz CT molecular complexity index is 590. The maximum atomic E-state index is 3.74. The molecule has 0 radical (unpaired) electrons. The second-order valence-electron chi connectivity index (χ2n) is 9.39. The Hall–Kier alpha value is 0.271. The third-order valence-electron chi connectivity index (χ3n) is 6.87. The average Bonchev–Trinajstić information content (AvgIpc) is 2.97. The first-order valence-corrected chi connectivity index (χ1v) is 17.4. The van der Waals surface area contributed by atoms with E-state index in [-0.39, 0.29) is 24.8 Å². The van der Waals surface area contributed by atoms with Crippen molar-refractivity contribution in [2.24, 2.45) is 0 Å². The fraction of sp³-hybridized carbons (Fsp3) is 0.579. The Kier molecular flexibility index (Phi) is 7.57. The van der Waals surface area contributed by atoms with Crippen molar-refractivity contribution < 1.29 is 14.6 Å². The number of aromatic nitrogens is 1. The predicted molar refractivity (Wildman–Crippen MR) is 115 cm³/mol. The van der Waals surface area contributed by atoms with Crippen molar-refractivity contribution in [3.8, 4) is 0 Å². The summed E-state index contributed by atoms with van der Waals surface area (Å²) in [6.07, 6.45) is 10.5. The molecule has 1 heterocycles. The van der Waals surface area contributed by atoms with Gasteiger partial charge in [0.25, 0.3) is 0 Å². The molecule has 1 aromatic rings. The van der Waals surface area contributed by atoms with Gasteiger partial charge in [0.2, 0.25) is 0 Å². The molecule has 0 aliphatic heterocycles. The minimum Gasteiger partial charge on any atom is -0.147 e. The van der Waals surface area contributed by atoms with Gasteiger partial charge >= 0.3 is 139 Å². The number of hydrogen-bond donors (Lipinski definition) is 1. The minimum absolute atomic E-state index is 0. The van der Waals surface area contributed by atoms with Gasteiger partial charge in [-0.05, 0) is 0 Å². The van der Waals surface area contributed by atoms with Gasteiger partial charge in [-0.25, -0.2) is 0 Å². The van der Waals surface area contributed by atoms with E-state index in [4.69, 9.17) is 0 Å². The summed E-state index contributed by atoms with van der Waals surface area (Å²) in [4.78, 5) is 3.74. The van der Waals surface area contributed by atoms with Crippen LogP contribution in [0.4, 0.5) is 0 Å². The average molecular weight is 425 g/mol. The number of rotatable bonds is 3. The van der Waals surface area contributed by atoms with Crippen LogP contribution in [0.2, 0.25) is 20.5 Å². The van der Waals surface area contributed by atoms with Crippen LogP contribution in [0.3, 0.4) is 0 Å². The van der Waals surface area contributed by atoms with E-state index >= 15 is 0 Å². The minimum atomic E-state index is -3.29. The molecule has 0 saturated carbocycles. The van der Waals surface area contributed by atoms with Gasteiger partial charge in [0.05, 0.1) is 0 Å². The Balaban J connectivity index is 0.00000264. The third kappa shape index (κ3) is 2.60. The van der Waals surface area contributed by atoms with Crippen LogP contribution in [-0.2, 0) is 14.6 Å². The molecule has 0 spiro atoms. The Labute approximate surface area is 163 Å². The predicted octanol–water partition coefficient (Wildman–Crippen LogP) is 6.44. The number of halogens is 2. The van der Waals surface area contributed by atoms with Gasteiger partial charge in [0.1, 0.15) is 0 Å². The second kappa shape index (κ2) is 7.48. The Morgan fingerprint density at radius 1 is 1.00 bits per heavy atom. The van der Waals surface area contributed by atoms with E-state index in [1.54, 1.807) is 7.88 Å². The molecular formula is C19H36Cl2NSiTi. The van der Waals surface area contributed by atoms with Crippen LogP contribution in [0.15, 0.2) is 40.4 Å². The van der Waals surface area contributed by atoms with E-state index in [1.165, 1.54) is 0 Å². The van der Waals surface area contributed by atoms with Crippen molar-refractivity contribution in [2.45, 2.75) is 68.5 Å². The van der Waals surface area contributed by atoms with E-state index in [0.717, 1.165) is 6.42 Å². The number of allylic oxidation sites excluding steroid dienone is 4. The van der Waals surface area contributed by atoms with Crippen LogP contribution in [0.1, 0.15) is 48.0 Å². The molecule has 24 heavy (non-hydrogen) atoms. The molecule has 139 valence electrons. The molecule has 1 aromatic heterocycles. The number of nitrogens with one attached hydrogen (secondary N) is 1. The van der Waals surface area contributed by atoms with Crippen LogP contribution in [0.5, 0.6) is 0 Å². The fourth-order valence-electron chi connectivity index (χ4n) is 6.97. The van der Waals surface area contributed by atoms with Crippen LogP contribution in [-0.4, -0.2) is 11.6 Å². The summed E-state index contributed by atoms with van der Waals surface area (Å²) in [7, 11) is 0. The van der Waals surface area contributed by atoms with Crippen LogP contribution >= 0.6 is 24.8 Å². The van der Waals surface area contributed by atoms with Gasteiger partial charge < -0.3 is 0 Å². The Morgan fingerprint density at radius 2 is 1.54 bits per heavy atom. The summed E-state index contributed by atoms with van der Waals surface area (Å²) in [6.45, 7) is 19.4. The number of hydrogen-bond acceptors (Lipinski definition) is 0. The summed E-state index contributed by atoms with van der Waals surface area (Å²) in [5.41, 5.74) is 0. The molecule has 0 aromatic carbocycles. The van der Waals surface area contributed by atoms with Crippen molar-refractivity contribution in [3.05, 3.63) is 40.4 Å². The summed E-state index contributed by atoms with van der Waals surface area (Å²) in [6, 6.07) is 4.63. The SMILES string of the molecule is C[SiH](C)[Ti]([C]1=CC=CC1)([c]1ccc[nH]1)([C](C)(C)C)[C](C)(C)C.Cl.Cl. The van der Waals surface area contributed by atoms with E-state index < -0.39 is 21.2 Å². The molecule has 0 fully saturated rings. The maximum Gasteiger partial charge on any atom is -0.147 e. The van der Waals surface area contributed by atoms with Gasteiger partial charge in [-0.2, -0.15) is 0 Å². The molecule has 0 amide bonds. The Morgan fingerprint density at radius 3 is 1.83 bits per heavy atom. The van der Waals surface area contributed by atoms with Crippen LogP contribution < -0.4 is 4.00 Å². The molecule has 1 N–H and O–H groups in total. The van der Waals surface area contributed by atoms with Gasteiger partial charge in [-0.1, -0.05) is 0 Å². The zero-order valence-corrected chi connectivity index (χ0v) is 20.9. The van der Waals surface area contributed by atoms with Crippen molar-refractivity contribution in [1.29, 1.82) is 0 Å². The first-order valence-electron chi connectivity index (χ1n) is 8.65. The zero-order chi connectivity index (χ0) is 16.8. The molecule has 5 heteroatoms. The summed E-state index contributed by atoms with van der Waals surface area (Å²) in [5, 5.41) is 0. The molecule has 1 aliphatic rings. The van der Waals surface area contributed by atoms with Crippen molar-refractivity contribution >= 4 is 35.5 Å². The quantitative estimate of drug-likeness (QED) is 0.537. The van der Waals surface area contributed by atoms with Gasteiger partial charge in [-0.3, -0.25) is 0 Å². The van der Waals surface area contributed by atoms with Crippen LogP contribution in [0, 0.1) is 0 Å². The normalized spacial score (nSPS) is 16.9. The largest absolute Gasteiger partial charge is 0.147 e. The molecule has 0 bridgehead atoms. The summed E-state index contributed by atoms with van der Waals surface area (Å²) < 4.78 is 4.03. The second-order valence-corrected chi connectivity index (χ2v) is 32.5. The molecule has 0 atom stereocenters. The van der Waals surface area contributed by atoms with E-state index in [0.29, 0.717) is 7.44 Å². The third-order valence-corrected chi connectivity index (χ3v) is 44.6. The molecule has 1 aliphatic carbocycles. The topological polar surface area (TPSA) is 15.8 Å². The summed E-state index contributed by atoms with van der Waals surface area (Å²) in [5.74, 6) is 0. The van der Waals surface area contributed by atoms with E-state index in [2.05, 4.69) is 96.2 Å². The smallest absolute Gasteiger partial charge is 0.147 e. The van der Waals surface area contributed by atoms with E-state index in [9.17, 15) is 0 Å². The first kappa shape index (κ1) is 24.3. The number of H-pyrrole nitrogens is 1. The monoisotopic (exact) mass is 424 g/mol. The first-order chi connectivity index (χ1) is 10.0. The fourth-order valence-corrected chi connectivity index (χ4v) is 48.4. The van der Waals surface area contributed by atoms with Crippen molar-refractivity contribution in [3.63, 3.8) is 0 Å². The van der Waals surface area contributed by atoms with Crippen LogP contribution in [0.25, 0.3) is 0 Å². The van der Waals surface area contributed by atoms with Crippen molar-refractivity contribution in [2.75, 3.05) is 0 Å². The van der Waals surface area contributed by atoms with Gasteiger partial charge in [0.15, 0.2) is 0 Å². The maximum absolute atomic E-state index is 3.74. The summed E-state index contributed by atoms with van der Waals surface area (Å²) >= 11 is -3.29. The van der Waals surface area contributed by atoms with Gasteiger partial charge in [-0.15, -0.1) is 24.8 Å². The standard InChI is InChI=1S/C5H5.C4H4N.2C4H9.C2H7Si.2ClH.Ti/c2*1-2-4-5-3-1;2*1-4(2)3;1-3-2;;;/h1-3H,4H2;1-3,5H;2*1-3H3;3H,1-2H3;2*1H;. The van der Waals surface area contributed by atoms with E-state index in [1.807, 2.05) is 0 Å². The number of aromatic amines is 1. The molecular weight excluding hydrogens is 389 g/mol. The molecule has 0 unspecified atom stereocenters. The zero-order valence-electron chi connectivity index (χ0n) is 16.6.